The van der Waals surface area contributed by atoms with Gasteiger partial charge in [-0.05, 0) is 193 Å². The molecule has 2 aromatic heterocycles. The van der Waals surface area contributed by atoms with E-state index in [0.717, 1.165) is 35.3 Å². The van der Waals surface area contributed by atoms with E-state index in [-0.39, 0.29) is 12.0 Å². The van der Waals surface area contributed by atoms with E-state index in [1.165, 1.54) is 352 Å². The van der Waals surface area contributed by atoms with Gasteiger partial charge in [0.15, 0.2) is 0 Å². The highest BCUT2D eigenvalue weighted by Crippen LogP contribution is 2.38. The third-order valence-electron chi connectivity index (χ3n) is 22.0. The molecule has 2 N–H and O–H groups in total. The maximum Gasteiger partial charge on any atom is 0.269 e. The van der Waals surface area contributed by atoms with E-state index < -0.39 is 0 Å². The molecule has 102 heavy (non-hydrogen) atoms. The van der Waals surface area contributed by atoms with Crippen molar-refractivity contribution in [3.8, 4) is 33.6 Å². The normalized spacial score (nSPS) is 11.6. The molecular weight excluding hydrogens is 1240 g/mol. The molecule has 0 fully saturated rings. The average molecular weight is 1370 g/mol. The number of non-ortho nitro benzene ring substituents is 1. The molecule has 2 heterocycles. The predicted octanol–water partition coefficient (Wildman–Crippen LogP) is 30.5. The number of nitro benzene ring substituents is 1. The van der Waals surface area contributed by atoms with Crippen molar-refractivity contribution >= 4 is 55.0 Å². The van der Waals surface area contributed by atoms with Crippen molar-refractivity contribution in [2.24, 2.45) is 0 Å². The zero-order valence-corrected chi connectivity index (χ0v) is 64.0. The number of rotatable bonds is 49. The molecule has 0 unspecified atom stereocenters. The van der Waals surface area contributed by atoms with E-state index in [1.54, 1.807) is 12.1 Å². The van der Waals surface area contributed by atoms with Gasteiger partial charge >= 0.3 is 0 Å². The fourth-order valence-electron chi connectivity index (χ4n) is 15.7. The van der Waals surface area contributed by atoms with Crippen LogP contribution in [0.2, 0.25) is 0 Å². The summed E-state index contributed by atoms with van der Waals surface area (Å²) in [4.78, 5) is 10.8. The van der Waals surface area contributed by atoms with E-state index in [0.29, 0.717) is 0 Å². The van der Waals surface area contributed by atoms with E-state index in [1.807, 2.05) is 24.3 Å². The van der Waals surface area contributed by atoms with Gasteiger partial charge in [-0.2, -0.15) is 0 Å². The van der Waals surface area contributed by atoms with Crippen LogP contribution in [0.4, 0.5) is 11.4 Å². The molecule has 0 amide bonds. The minimum absolute atomic E-state index is 0. The molecule has 10 rings (SSSR count). The van der Waals surface area contributed by atoms with Crippen LogP contribution in [0.3, 0.4) is 0 Å². The van der Waals surface area contributed by atoms with E-state index in [9.17, 15) is 10.1 Å². The summed E-state index contributed by atoms with van der Waals surface area (Å²) >= 11 is 0. The highest BCUT2D eigenvalue weighted by Gasteiger charge is 2.17. The Morgan fingerprint density at radius 2 is 0.480 bits per heavy atom. The molecule has 6 nitrogen and oxygen atoms in total. The van der Waals surface area contributed by atoms with Crippen LogP contribution in [0.25, 0.3) is 77.2 Å². The number of anilines is 1. The second-order valence-electron chi connectivity index (χ2n) is 30.3. The summed E-state index contributed by atoms with van der Waals surface area (Å²) in [6.07, 6.45) is 59.6. The number of benzene rings is 8. The van der Waals surface area contributed by atoms with Gasteiger partial charge in [0.05, 0.1) is 27.0 Å². The first-order chi connectivity index (χ1) is 50.3. The van der Waals surface area contributed by atoms with Crippen molar-refractivity contribution in [1.29, 1.82) is 0 Å². The third-order valence-corrected chi connectivity index (χ3v) is 22.0. The lowest BCUT2D eigenvalue weighted by Gasteiger charge is -2.10. The number of hydrogen-bond donors (Lipinski definition) is 1. The summed E-state index contributed by atoms with van der Waals surface area (Å²) in [5, 5.41) is 16.7. The smallest absolute Gasteiger partial charge is 0.269 e. The molecule has 0 atom stereocenters. The van der Waals surface area contributed by atoms with Crippen molar-refractivity contribution in [3.05, 3.63) is 202 Å². The highest BCUT2D eigenvalue weighted by molar-refractivity contribution is 6.11. The van der Waals surface area contributed by atoms with Gasteiger partial charge in [-0.15, -0.1) is 0 Å². The zero-order valence-electron chi connectivity index (χ0n) is 64.0. The van der Waals surface area contributed by atoms with Gasteiger partial charge in [-0.1, -0.05) is 320 Å². The summed E-state index contributed by atoms with van der Waals surface area (Å²) in [5.74, 6) is 0. The molecule has 6 heteroatoms. The summed E-state index contributed by atoms with van der Waals surface area (Å²) in [6, 6.07) is 61.6. The lowest BCUT2D eigenvalue weighted by Crippen LogP contribution is -1.95. The SMILES string of the molecule is CCCCCCCCCCCCc1ccc2c(c1)c1cc(CCCCCCCCCCCC)ccc1n2-c1ccc(-c2ccc(N)cc2)cc1.CCCCCCCCCCCCc1ccc2c(c1)c1cc(CCCCCCCCCCCC)ccc1n2-c1ccc(-c2ccc([N+](=O)[O-])cc2)cc1.[HH]. The summed E-state index contributed by atoms with van der Waals surface area (Å²) in [6.45, 7) is 9.18. The van der Waals surface area contributed by atoms with Gasteiger partial charge in [0.1, 0.15) is 0 Å². The number of aromatic nitrogens is 2. The first kappa shape index (κ1) is 78.7. The molecule has 0 saturated carbocycles. The quantitative estimate of drug-likeness (QED) is 0.0179. The third kappa shape index (κ3) is 24.9. The standard InChI is InChI=1S/C48H64N2O2.C48H66N2.H2/c1-3-5-7-9-11-13-15-17-19-21-23-39-25-35-47-45(37-39)46-38-40(24-22-20-18-16-14-12-10-8-6-4-2)26-36-48(46)49(47)43-31-27-41(28-32-43)42-29-33-44(34-30-42)50(51)52;1-3-5-7-9-11-13-15-17-19-21-23-39-25-35-47-45(37-39)46-38-40(24-22-20-18-16-14-12-10-8-6-4-2)26-36-48(46)50(47)44-33-29-42(30-34-44)41-27-31-43(49)32-28-41;/h25-38H,3-24H2,1-2H3;25-38H,3-24,49H2,1-2H3;1H. The zero-order chi connectivity index (χ0) is 71.2. The molecule has 0 bridgehead atoms. The Morgan fingerprint density at radius 1 is 0.275 bits per heavy atom. The van der Waals surface area contributed by atoms with Crippen LogP contribution >= 0.6 is 0 Å². The Bertz CT molecular complexity index is 3830. The lowest BCUT2D eigenvalue weighted by molar-refractivity contribution is -0.384. The molecule has 0 radical (unpaired) electrons. The van der Waals surface area contributed by atoms with Crippen molar-refractivity contribution in [2.45, 2.75) is 310 Å². The van der Waals surface area contributed by atoms with E-state index in [4.69, 9.17) is 5.73 Å². The van der Waals surface area contributed by atoms with Crippen molar-refractivity contribution < 1.29 is 6.35 Å². The number of hydrogen-bond acceptors (Lipinski definition) is 3. The van der Waals surface area contributed by atoms with Gasteiger partial charge in [0.2, 0.25) is 0 Å². The summed E-state index contributed by atoms with van der Waals surface area (Å²) < 4.78 is 4.89. The lowest BCUT2D eigenvalue weighted by atomic mass is 10.0. The van der Waals surface area contributed by atoms with E-state index in [2.05, 4.69) is 170 Å². The second-order valence-corrected chi connectivity index (χ2v) is 30.3. The van der Waals surface area contributed by atoms with Crippen LogP contribution in [0.15, 0.2) is 170 Å². The average Bonchev–Trinajstić information content (AvgIpc) is 1.60. The molecule has 0 saturated heterocycles. The highest BCUT2D eigenvalue weighted by atomic mass is 16.6. The largest absolute Gasteiger partial charge is 0.399 e. The molecule has 0 aliphatic carbocycles. The Labute approximate surface area is 618 Å². The number of nitro groups is 1. The van der Waals surface area contributed by atoms with Crippen LogP contribution in [-0.4, -0.2) is 14.1 Å². The van der Waals surface area contributed by atoms with Gasteiger partial charge < -0.3 is 14.9 Å². The Balaban J connectivity index is 0.000000259. The number of nitrogens with two attached hydrogens (primary N) is 1. The molecule has 548 valence electrons. The predicted molar refractivity (Wildman–Crippen MR) is 448 cm³/mol. The topological polar surface area (TPSA) is 79.0 Å². The van der Waals surface area contributed by atoms with Crippen LogP contribution in [0.5, 0.6) is 0 Å². The maximum atomic E-state index is 11.2. The van der Waals surface area contributed by atoms with Gasteiger partial charge in [0, 0.05) is 52.2 Å². The maximum absolute atomic E-state index is 11.2. The molecular formula is C96H132N4O2. The Morgan fingerprint density at radius 3 is 0.706 bits per heavy atom. The molecule has 0 spiro atoms. The number of aryl methyl sites for hydroxylation is 4. The van der Waals surface area contributed by atoms with Gasteiger partial charge in [0.25, 0.3) is 5.69 Å². The van der Waals surface area contributed by atoms with Crippen LogP contribution < -0.4 is 5.73 Å². The molecule has 0 aliphatic heterocycles. The van der Waals surface area contributed by atoms with Gasteiger partial charge in [-0.3, -0.25) is 10.1 Å². The Hall–Kier alpha value is -7.44. The van der Waals surface area contributed by atoms with Crippen molar-refractivity contribution in [1.82, 2.24) is 9.13 Å². The summed E-state index contributed by atoms with van der Waals surface area (Å²) in [5.41, 5.74) is 24.6. The number of unbranched alkanes of at least 4 members (excludes halogenated alkanes) is 36. The monoisotopic (exact) mass is 1370 g/mol. The molecule has 10 aromatic rings. The minimum atomic E-state index is -0.347. The molecule has 0 aliphatic rings. The van der Waals surface area contributed by atoms with Crippen LogP contribution in [0, 0.1) is 10.1 Å². The minimum Gasteiger partial charge on any atom is -0.399 e. The Kier molecular flexibility index (Phi) is 34.7. The first-order valence-electron chi connectivity index (χ1n) is 41.7. The van der Waals surface area contributed by atoms with Crippen molar-refractivity contribution in [2.75, 3.05) is 5.73 Å². The van der Waals surface area contributed by atoms with Crippen molar-refractivity contribution in [3.63, 3.8) is 0 Å². The van der Waals surface area contributed by atoms with E-state index >= 15 is 0 Å². The second kappa shape index (κ2) is 44.9. The fraction of sp³-hybridized carbons (Fsp3) is 0.500. The number of nitrogen functional groups attached to an aromatic ring is 1. The van der Waals surface area contributed by atoms with Gasteiger partial charge in [-0.25, -0.2) is 0 Å². The molecule has 8 aromatic carbocycles. The van der Waals surface area contributed by atoms with Crippen LogP contribution in [-0.2, 0) is 25.7 Å². The van der Waals surface area contributed by atoms with Crippen LogP contribution in [0.1, 0.15) is 308 Å². The summed E-state index contributed by atoms with van der Waals surface area (Å²) in [7, 11) is 0. The number of fused-ring (bicyclic) bond motifs is 6. The fourth-order valence-corrected chi connectivity index (χ4v) is 15.7. The first-order valence-corrected chi connectivity index (χ1v) is 41.7. The number of nitrogens with zero attached hydrogens (tertiary/aromatic N) is 3.